The second-order valence-corrected chi connectivity index (χ2v) is 4.94. The number of benzene rings is 1. The van der Waals surface area contributed by atoms with E-state index in [-0.39, 0.29) is 18.2 Å². The minimum Gasteiger partial charge on any atom is -0.406 e. The summed E-state index contributed by atoms with van der Waals surface area (Å²) in [4.78, 5) is 0. The van der Waals surface area contributed by atoms with Gasteiger partial charge in [0, 0.05) is 18.3 Å². The van der Waals surface area contributed by atoms with Crippen molar-refractivity contribution in [2.45, 2.75) is 32.7 Å². The Hall–Kier alpha value is -1.43. The Morgan fingerprint density at radius 2 is 1.95 bits per heavy atom. The van der Waals surface area contributed by atoms with Crippen molar-refractivity contribution in [2.75, 3.05) is 11.9 Å². The van der Waals surface area contributed by atoms with E-state index in [0.717, 1.165) is 0 Å². The smallest absolute Gasteiger partial charge is 0.406 e. The van der Waals surface area contributed by atoms with Crippen LogP contribution in [0.25, 0.3) is 0 Å². The lowest BCUT2D eigenvalue weighted by Gasteiger charge is -2.28. The second kappa shape index (κ2) is 5.69. The van der Waals surface area contributed by atoms with Gasteiger partial charge in [-0.25, -0.2) is 0 Å². The van der Waals surface area contributed by atoms with Gasteiger partial charge in [0.05, 0.1) is 5.60 Å². The molecule has 1 aromatic carbocycles. The Morgan fingerprint density at radius 1 is 1.32 bits per heavy atom. The van der Waals surface area contributed by atoms with Gasteiger partial charge < -0.3 is 15.2 Å². The van der Waals surface area contributed by atoms with E-state index in [9.17, 15) is 18.3 Å². The average Bonchev–Trinajstić information content (AvgIpc) is 2.24. The van der Waals surface area contributed by atoms with E-state index in [1.807, 2.05) is 13.8 Å². The molecule has 0 heterocycles. The molecule has 0 radical (unpaired) electrons. The highest BCUT2D eigenvalue weighted by atomic mass is 19.4. The lowest BCUT2D eigenvalue weighted by molar-refractivity contribution is -0.274. The molecule has 1 unspecified atom stereocenters. The molecule has 0 aliphatic rings. The molecule has 1 atom stereocenters. The lowest BCUT2D eigenvalue weighted by atomic mass is 9.92. The van der Waals surface area contributed by atoms with Crippen LogP contribution in [-0.2, 0) is 0 Å². The zero-order valence-electron chi connectivity index (χ0n) is 11.1. The summed E-state index contributed by atoms with van der Waals surface area (Å²) < 4.78 is 40.0. The Morgan fingerprint density at radius 3 is 2.47 bits per heavy atom. The van der Waals surface area contributed by atoms with Crippen LogP contribution in [0.5, 0.6) is 5.75 Å². The van der Waals surface area contributed by atoms with Gasteiger partial charge in [0.2, 0.25) is 0 Å². The molecule has 19 heavy (non-hydrogen) atoms. The first-order chi connectivity index (χ1) is 8.60. The number of aliphatic hydroxyl groups is 1. The van der Waals surface area contributed by atoms with Crippen molar-refractivity contribution in [1.82, 2.24) is 0 Å². The summed E-state index contributed by atoms with van der Waals surface area (Å²) in [5.74, 6) is -0.267. The molecule has 6 heteroatoms. The van der Waals surface area contributed by atoms with E-state index >= 15 is 0 Å². The van der Waals surface area contributed by atoms with Crippen molar-refractivity contribution in [3.05, 3.63) is 24.3 Å². The molecule has 0 saturated carbocycles. The van der Waals surface area contributed by atoms with E-state index < -0.39 is 12.0 Å². The zero-order valence-corrected chi connectivity index (χ0v) is 11.1. The highest BCUT2D eigenvalue weighted by Crippen LogP contribution is 2.25. The number of nitrogens with one attached hydrogen (secondary N) is 1. The van der Waals surface area contributed by atoms with E-state index in [4.69, 9.17) is 0 Å². The van der Waals surface area contributed by atoms with Crippen molar-refractivity contribution in [2.24, 2.45) is 5.92 Å². The molecule has 1 rings (SSSR count). The third-order valence-corrected chi connectivity index (χ3v) is 2.96. The van der Waals surface area contributed by atoms with Crippen LogP contribution in [0.2, 0.25) is 0 Å². The average molecular weight is 277 g/mol. The third-order valence-electron chi connectivity index (χ3n) is 2.96. The number of ether oxygens (including phenoxy) is 1. The fourth-order valence-electron chi connectivity index (χ4n) is 1.29. The van der Waals surface area contributed by atoms with E-state index in [1.54, 1.807) is 13.0 Å². The highest BCUT2D eigenvalue weighted by Gasteiger charge is 2.31. The predicted molar refractivity (Wildman–Crippen MR) is 67.1 cm³/mol. The van der Waals surface area contributed by atoms with E-state index in [0.29, 0.717) is 5.69 Å². The van der Waals surface area contributed by atoms with Crippen molar-refractivity contribution in [3.63, 3.8) is 0 Å². The summed E-state index contributed by atoms with van der Waals surface area (Å²) in [6, 6.07) is 5.52. The summed E-state index contributed by atoms with van der Waals surface area (Å²) in [6.45, 7) is 5.64. The summed E-state index contributed by atoms with van der Waals surface area (Å²) in [7, 11) is 0. The fourth-order valence-corrected chi connectivity index (χ4v) is 1.29. The van der Waals surface area contributed by atoms with Gasteiger partial charge in [0.15, 0.2) is 0 Å². The maximum atomic E-state index is 12.1. The van der Waals surface area contributed by atoms with Crippen LogP contribution in [0.15, 0.2) is 24.3 Å². The quantitative estimate of drug-likeness (QED) is 0.866. The van der Waals surface area contributed by atoms with Crippen LogP contribution in [0, 0.1) is 5.92 Å². The molecular weight excluding hydrogens is 259 g/mol. The van der Waals surface area contributed by atoms with Crippen LogP contribution >= 0.6 is 0 Å². The van der Waals surface area contributed by atoms with Crippen LogP contribution in [0.3, 0.4) is 0 Å². The number of rotatable bonds is 5. The fraction of sp³-hybridized carbons (Fsp3) is 0.538. The van der Waals surface area contributed by atoms with Gasteiger partial charge >= 0.3 is 6.36 Å². The Labute approximate surface area is 110 Å². The Kier molecular flexibility index (Phi) is 4.68. The summed E-state index contributed by atoms with van der Waals surface area (Å²) in [6.07, 6.45) is -4.71. The molecule has 0 aromatic heterocycles. The maximum Gasteiger partial charge on any atom is 0.573 e. The molecule has 0 aliphatic carbocycles. The van der Waals surface area contributed by atoms with Gasteiger partial charge in [-0.3, -0.25) is 0 Å². The lowest BCUT2D eigenvalue weighted by Crippen LogP contribution is -2.38. The van der Waals surface area contributed by atoms with Crippen molar-refractivity contribution < 1.29 is 23.0 Å². The molecule has 0 bridgehead atoms. The summed E-state index contributed by atoms with van der Waals surface area (Å²) >= 11 is 0. The monoisotopic (exact) mass is 277 g/mol. The molecule has 0 amide bonds. The van der Waals surface area contributed by atoms with Crippen LogP contribution in [0.1, 0.15) is 20.8 Å². The van der Waals surface area contributed by atoms with E-state index in [1.165, 1.54) is 18.2 Å². The summed E-state index contributed by atoms with van der Waals surface area (Å²) in [5, 5.41) is 12.9. The topological polar surface area (TPSA) is 41.5 Å². The standard InChI is InChI=1S/C13H18F3NO2/c1-9(2)12(3,18)8-17-10-5-4-6-11(7-10)19-13(14,15)16/h4-7,9,17-18H,8H2,1-3H3. The second-order valence-electron chi connectivity index (χ2n) is 4.94. The molecule has 1 aromatic rings. The largest absolute Gasteiger partial charge is 0.573 e. The minimum absolute atomic E-state index is 0.0228. The molecule has 0 saturated heterocycles. The normalized spacial score (nSPS) is 15.2. The number of hydrogen-bond acceptors (Lipinski definition) is 3. The minimum atomic E-state index is -4.71. The molecule has 3 nitrogen and oxygen atoms in total. The Bertz CT molecular complexity index is 417. The molecular formula is C13H18F3NO2. The summed E-state index contributed by atoms with van der Waals surface area (Å²) in [5.41, 5.74) is -0.483. The first-order valence-corrected chi connectivity index (χ1v) is 5.92. The van der Waals surface area contributed by atoms with Gasteiger partial charge in [0.1, 0.15) is 5.75 Å². The van der Waals surface area contributed by atoms with Gasteiger partial charge in [-0.15, -0.1) is 13.2 Å². The predicted octanol–water partition coefficient (Wildman–Crippen LogP) is 3.40. The first kappa shape index (κ1) is 15.6. The van der Waals surface area contributed by atoms with Crippen molar-refractivity contribution in [3.8, 4) is 5.75 Å². The van der Waals surface area contributed by atoms with Crippen LogP contribution < -0.4 is 10.1 Å². The third kappa shape index (κ3) is 5.38. The maximum absolute atomic E-state index is 12.1. The zero-order chi connectivity index (χ0) is 14.7. The van der Waals surface area contributed by atoms with Gasteiger partial charge in [-0.05, 0) is 25.0 Å². The number of anilines is 1. The van der Waals surface area contributed by atoms with Crippen molar-refractivity contribution in [1.29, 1.82) is 0 Å². The molecule has 2 N–H and O–H groups in total. The molecule has 0 fully saturated rings. The van der Waals surface area contributed by atoms with Gasteiger partial charge in [-0.2, -0.15) is 0 Å². The van der Waals surface area contributed by atoms with Crippen LogP contribution in [0.4, 0.5) is 18.9 Å². The number of hydrogen-bond donors (Lipinski definition) is 2. The Balaban J connectivity index is 2.68. The SMILES string of the molecule is CC(C)C(C)(O)CNc1cccc(OC(F)(F)F)c1. The highest BCUT2D eigenvalue weighted by molar-refractivity contribution is 5.48. The molecule has 0 aliphatic heterocycles. The van der Waals surface area contributed by atoms with Gasteiger partial charge in [-0.1, -0.05) is 19.9 Å². The molecule has 108 valence electrons. The van der Waals surface area contributed by atoms with Crippen molar-refractivity contribution >= 4 is 5.69 Å². The number of alkyl halides is 3. The molecule has 0 spiro atoms. The van der Waals surface area contributed by atoms with Crippen LogP contribution in [-0.4, -0.2) is 23.6 Å². The van der Waals surface area contributed by atoms with Gasteiger partial charge in [0.25, 0.3) is 0 Å². The van der Waals surface area contributed by atoms with E-state index in [2.05, 4.69) is 10.1 Å². The number of halogens is 3. The first-order valence-electron chi connectivity index (χ1n) is 5.92.